The van der Waals surface area contributed by atoms with E-state index in [9.17, 15) is 0 Å². The number of benzene rings is 1. The summed E-state index contributed by atoms with van der Waals surface area (Å²) in [5.74, 6) is 0.809. The highest BCUT2D eigenvalue weighted by atomic mass is 14.9. The second-order valence-electron chi connectivity index (χ2n) is 7.98. The van der Waals surface area contributed by atoms with Crippen LogP contribution < -0.4 is 5.32 Å². The van der Waals surface area contributed by atoms with E-state index in [1.165, 1.54) is 43.2 Å². The van der Waals surface area contributed by atoms with Crippen molar-refractivity contribution in [3.05, 3.63) is 35.4 Å². The molecule has 1 fully saturated rings. The van der Waals surface area contributed by atoms with Crippen LogP contribution in [0.25, 0.3) is 0 Å². The zero-order chi connectivity index (χ0) is 15.5. The van der Waals surface area contributed by atoms with Crippen LogP contribution in [-0.2, 0) is 5.41 Å². The van der Waals surface area contributed by atoms with Crippen molar-refractivity contribution in [2.45, 2.75) is 84.2 Å². The fraction of sp³-hybridized carbons (Fsp3) is 0.700. The molecule has 0 aromatic heterocycles. The number of hydrogen-bond donors (Lipinski definition) is 1. The molecule has 1 nitrogen and oxygen atoms in total. The molecular weight excluding hydrogens is 254 g/mol. The molecule has 1 aromatic carbocycles. The Labute approximate surface area is 131 Å². The standard InChI is InChI=1S/C20H33N/c1-15-9-7-6-8-10-19(15)21-16(2)17-11-13-18(14-12-17)20(3,4)5/h11-16,19,21H,6-10H2,1-5H3. The fourth-order valence-corrected chi connectivity index (χ4v) is 3.43. The van der Waals surface area contributed by atoms with Gasteiger partial charge in [0.2, 0.25) is 0 Å². The molecule has 1 aromatic rings. The molecule has 1 aliphatic rings. The van der Waals surface area contributed by atoms with E-state index in [0.29, 0.717) is 12.1 Å². The summed E-state index contributed by atoms with van der Waals surface area (Å²) < 4.78 is 0. The highest BCUT2D eigenvalue weighted by Gasteiger charge is 2.22. The van der Waals surface area contributed by atoms with Crippen molar-refractivity contribution in [1.29, 1.82) is 0 Å². The van der Waals surface area contributed by atoms with Crippen molar-refractivity contribution >= 4 is 0 Å². The Kier molecular flexibility index (Phi) is 5.48. The van der Waals surface area contributed by atoms with Gasteiger partial charge in [0.05, 0.1) is 0 Å². The Morgan fingerprint density at radius 1 is 1.00 bits per heavy atom. The lowest BCUT2D eigenvalue weighted by Gasteiger charge is -2.27. The minimum atomic E-state index is 0.241. The molecule has 0 saturated heterocycles. The summed E-state index contributed by atoms with van der Waals surface area (Å²) in [6, 6.07) is 10.3. The Balaban J connectivity index is 2.00. The molecule has 1 N–H and O–H groups in total. The van der Waals surface area contributed by atoms with Crippen molar-refractivity contribution in [1.82, 2.24) is 5.32 Å². The van der Waals surface area contributed by atoms with Gasteiger partial charge in [-0.25, -0.2) is 0 Å². The van der Waals surface area contributed by atoms with E-state index in [0.717, 1.165) is 5.92 Å². The highest BCUT2D eigenvalue weighted by Crippen LogP contribution is 2.27. The summed E-state index contributed by atoms with van der Waals surface area (Å²) in [5, 5.41) is 3.88. The fourth-order valence-electron chi connectivity index (χ4n) is 3.43. The molecule has 0 heterocycles. The maximum atomic E-state index is 3.88. The van der Waals surface area contributed by atoms with Gasteiger partial charge < -0.3 is 5.32 Å². The van der Waals surface area contributed by atoms with Crippen LogP contribution in [0.3, 0.4) is 0 Å². The minimum Gasteiger partial charge on any atom is -0.307 e. The maximum Gasteiger partial charge on any atom is 0.0294 e. The van der Waals surface area contributed by atoms with Crippen LogP contribution in [-0.4, -0.2) is 6.04 Å². The van der Waals surface area contributed by atoms with E-state index in [2.05, 4.69) is 64.2 Å². The quantitative estimate of drug-likeness (QED) is 0.713. The van der Waals surface area contributed by atoms with Gasteiger partial charge in [0.1, 0.15) is 0 Å². The van der Waals surface area contributed by atoms with Gasteiger partial charge in [-0.05, 0) is 42.2 Å². The third kappa shape index (κ3) is 4.57. The summed E-state index contributed by atoms with van der Waals surface area (Å²) in [5.41, 5.74) is 3.08. The molecule has 0 bridgehead atoms. The minimum absolute atomic E-state index is 0.241. The van der Waals surface area contributed by atoms with Crippen LogP contribution in [0, 0.1) is 5.92 Å². The van der Waals surface area contributed by atoms with Crippen molar-refractivity contribution < 1.29 is 0 Å². The number of nitrogens with one attached hydrogen (secondary N) is 1. The Bertz CT molecular complexity index is 426. The lowest BCUT2D eigenvalue weighted by Crippen LogP contribution is -2.36. The summed E-state index contributed by atoms with van der Waals surface area (Å²) in [4.78, 5) is 0. The van der Waals surface area contributed by atoms with E-state index in [-0.39, 0.29) is 5.41 Å². The summed E-state index contributed by atoms with van der Waals surface area (Å²) in [7, 11) is 0. The molecule has 1 heteroatoms. The van der Waals surface area contributed by atoms with Crippen LogP contribution in [0.2, 0.25) is 0 Å². The molecule has 3 unspecified atom stereocenters. The monoisotopic (exact) mass is 287 g/mol. The van der Waals surface area contributed by atoms with E-state index < -0.39 is 0 Å². The average Bonchev–Trinajstić information content (AvgIpc) is 2.63. The lowest BCUT2D eigenvalue weighted by atomic mass is 9.86. The average molecular weight is 287 g/mol. The van der Waals surface area contributed by atoms with Crippen molar-refractivity contribution in [2.24, 2.45) is 5.92 Å². The van der Waals surface area contributed by atoms with E-state index in [1.54, 1.807) is 0 Å². The van der Waals surface area contributed by atoms with Crippen LogP contribution in [0.15, 0.2) is 24.3 Å². The molecule has 118 valence electrons. The van der Waals surface area contributed by atoms with Gasteiger partial charge in [-0.1, -0.05) is 71.2 Å². The summed E-state index contributed by atoms with van der Waals surface area (Å²) in [6.45, 7) is 11.5. The van der Waals surface area contributed by atoms with Gasteiger partial charge in [0, 0.05) is 12.1 Å². The van der Waals surface area contributed by atoms with Gasteiger partial charge in [-0.15, -0.1) is 0 Å². The summed E-state index contributed by atoms with van der Waals surface area (Å²) >= 11 is 0. The predicted molar refractivity (Wildman–Crippen MR) is 92.7 cm³/mol. The molecule has 3 atom stereocenters. The van der Waals surface area contributed by atoms with Crippen molar-refractivity contribution in [3.8, 4) is 0 Å². The predicted octanol–water partition coefficient (Wildman–Crippen LogP) is 5.60. The van der Waals surface area contributed by atoms with Gasteiger partial charge >= 0.3 is 0 Å². The topological polar surface area (TPSA) is 12.0 Å². The first kappa shape index (κ1) is 16.5. The van der Waals surface area contributed by atoms with E-state index in [1.807, 2.05) is 0 Å². The molecule has 0 radical (unpaired) electrons. The van der Waals surface area contributed by atoms with Crippen molar-refractivity contribution in [2.75, 3.05) is 0 Å². The van der Waals surface area contributed by atoms with Gasteiger partial charge in [-0.2, -0.15) is 0 Å². The highest BCUT2D eigenvalue weighted by molar-refractivity contribution is 5.29. The first-order chi connectivity index (χ1) is 9.88. The zero-order valence-electron chi connectivity index (χ0n) is 14.6. The second-order valence-corrected chi connectivity index (χ2v) is 7.98. The molecule has 0 amide bonds. The maximum absolute atomic E-state index is 3.88. The molecule has 0 aliphatic heterocycles. The third-order valence-corrected chi connectivity index (χ3v) is 5.10. The van der Waals surface area contributed by atoms with Crippen LogP contribution in [0.1, 0.15) is 83.9 Å². The molecular formula is C20H33N. The Hall–Kier alpha value is -0.820. The van der Waals surface area contributed by atoms with Crippen molar-refractivity contribution in [3.63, 3.8) is 0 Å². The van der Waals surface area contributed by atoms with Crippen LogP contribution in [0.4, 0.5) is 0 Å². The normalized spacial score (nSPS) is 25.4. The zero-order valence-corrected chi connectivity index (χ0v) is 14.6. The molecule has 0 spiro atoms. The first-order valence-electron chi connectivity index (χ1n) is 8.74. The SMILES string of the molecule is CC(NC1CCCCCC1C)c1ccc(C(C)(C)C)cc1. The lowest BCUT2D eigenvalue weighted by molar-refractivity contribution is 0.330. The van der Waals surface area contributed by atoms with Gasteiger partial charge in [0.25, 0.3) is 0 Å². The number of hydrogen-bond acceptors (Lipinski definition) is 1. The third-order valence-electron chi connectivity index (χ3n) is 5.10. The van der Waals surface area contributed by atoms with E-state index in [4.69, 9.17) is 0 Å². The van der Waals surface area contributed by atoms with Crippen LogP contribution in [0.5, 0.6) is 0 Å². The molecule has 1 saturated carbocycles. The van der Waals surface area contributed by atoms with E-state index >= 15 is 0 Å². The first-order valence-corrected chi connectivity index (χ1v) is 8.74. The smallest absolute Gasteiger partial charge is 0.0294 e. The Morgan fingerprint density at radius 2 is 1.62 bits per heavy atom. The molecule has 2 rings (SSSR count). The molecule has 21 heavy (non-hydrogen) atoms. The number of rotatable bonds is 3. The molecule has 1 aliphatic carbocycles. The summed E-state index contributed by atoms with van der Waals surface area (Å²) in [6.07, 6.45) is 6.93. The van der Waals surface area contributed by atoms with Gasteiger partial charge in [0.15, 0.2) is 0 Å². The largest absolute Gasteiger partial charge is 0.307 e. The van der Waals surface area contributed by atoms with Crippen LogP contribution >= 0.6 is 0 Å². The van der Waals surface area contributed by atoms with Gasteiger partial charge in [-0.3, -0.25) is 0 Å². The Morgan fingerprint density at radius 3 is 2.24 bits per heavy atom. The second kappa shape index (κ2) is 6.96.